The molecule has 1 fully saturated rings. The van der Waals surface area contributed by atoms with E-state index in [0.717, 1.165) is 32.1 Å². The largest absolute Gasteiger partial charge is 0.493 e. The molecule has 2 heterocycles. The third-order valence-corrected chi connectivity index (χ3v) is 7.35. The van der Waals surface area contributed by atoms with Crippen molar-refractivity contribution < 1.29 is 33.3 Å². The number of hydrogen-bond acceptors (Lipinski definition) is 8. The van der Waals surface area contributed by atoms with E-state index in [1.54, 1.807) is 0 Å². The number of aromatic nitrogens is 1. The smallest absolute Gasteiger partial charge is 0.328 e. The Bertz CT molecular complexity index is 1120. The van der Waals surface area contributed by atoms with Crippen LogP contribution in [-0.4, -0.2) is 48.9 Å². The number of cyclic esters (lactones) is 1. The zero-order chi connectivity index (χ0) is 29.1. The van der Waals surface area contributed by atoms with Gasteiger partial charge in [-0.25, -0.2) is 9.78 Å². The number of pyridine rings is 1. The molecule has 1 aliphatic heterocycles. The summed E-state index contributed by atoms with van der Waals surface area (Å²) in [6, 6.07) is 11.1. The lowest BCUT2D eigenvalue weighted by molar-refractivity contribution is -0.154. The Morgan fingerprint density at radius 3 is 2.58 bits per heavy atom. The predicted molar refractivity (Wildman–Crippen MR) is 150 cm³/mol. The van der Waals surface area contributed by atoms with Crippen molar-refractivity contribution in [2.75, 3.05) is 13.9 Å². The molecule has 3 rings (SSSR count). The highest BCUT2D eigenvalue weighted by Gasteiger charge is 2.35. The van der Waals surface area contributed by atoms with Crippen LogP contribution in [-0.2, 0) is 25.5 Å². The molecule has 1 aliphatic rings. The zero-order valence-electron chi connectivity index (χ0n) is 24.2. The lowest BCUT2D eigenvalue weighted by Gasteiger charge is -2.32. The maximum absolute atomic E-state index is 13.3. The van der Waals surface area contributed by atoms with Crippen LogP contribution in [0.3, 0.4) is 0 Å². The van der Waals surface area contributed by atoms with Gasteiger partial charge in [0.05, 0.1) is 7.11 Å². The highest BCUT2D eigenvalue weighted by atomic mass is 16.7. The van der Waals surface area contributed by atoms with Crippen LogP contribution >= 0.6 is 0 Å². The molecule has 4 atom stereocenters. The van der Waals surface area contributed by atoms with Gasteiger partial charge in [-0.1, -0.05) is 57.0 Å². The van der Waals surface area contributed by atoms with E-state index in [4.69, 9.17) is 18.9 Å². The minimum absolute atomic E-state index is 0.0187. The van der Waals surface area contributed by atoms with E-state index in [1.165, 1.54) is 31.9 Å². The number of hydrogen-bond donors (Lipinski definition) is 1. The molecule has 1 saturated heterocycles. The highest BCUT2D eigenvalue weighted by Crippen LogP contribution is 2.34. The molecular weight excluding hydrogens is 512 g/mol. The van der Waals surface area contributed by atoms with Crippen molar-refractivity contribution in [2.45, 2.75) is 78.4 Å². The highest BCUT2D eigenvalue weighted by molar-refractivity contribution is 5.98. The average molecular weight is 555 g/mol. The van der Waals surface area contributed by atoms with Crippen molar-refractivity contribution in [3.63, 3.8) is 0 Å². The topological polar surface area (TPSA) is 113 Å². The van der Waals surface area contributed by atoms with E-state index < -0.39 is 30.7 Å². The Kier molecular flexibility index (Phi) is 11.8. The molecule has 1 amide bonds. The number of amides is 1. The van der Waals surface area contributed by atoms with Gasteiger partial charge in [-0.2, -0.15) is 0 Å². The first-order chi connectivity index (χ1) is 19.2. The second-order valence-electron chi connectivity index (χ2n) is 10.8. The third kappa shape index (κ3) is 8.96. The molecule has 1 N–H and O–H groups in total. The van der Waals surface area contributed by atoms with Crippen molar-refractivity contribution >= 4 is 17.8 Å². The Morgan fingerprint density at radius 1 is 1.15 bits per heavy atom. The summed E-state index contributed by atoms with van der Waals surface area (Å²) in [4.78, 5) is 42.0. The van der Waals surface area contributed by atoms with Gasteiger partial charge in [-0.05, 0) is 55.9 Å². The van der Waals surface area contributed by atoms with Gasteiger partial charge in [0.1, 0.15) is 12.1 Å². The number of esters is 2. The van der Waals surface area contributed by atoms with Gasteiger partial charge in [0.25, 0.3) is 5.91 Å². The van der Waals surface area contributed by atoms with Crippen molar-refractivity contribution in [1.29, 1.82) is 0 Å². The molecule has 0 radical (unpaired) electrons. The Balaban J connectivity index is 1.78. The molecule has 0 aliphatic carbocycles. The van der Waals surface area contributed by atoms with Crippen LogP contribution in [0, 0.1) is 17.8 Å². The number of carbonyl (C=O) groups is 3. The Labute approximate surface area is 236 Å². The summed E-state index contributed by atoms with van der Waals surface area (Å²) in [5.41, 5.74) is 1.19. The van der Waals surface area contributed by atoms with Gasteiger partial charge in [-0.3, -0.25) is 9.59 Å². The van der Waals surface area contributed by atoms with Crippen molar-refractivity contribution in [2.24, 2.45) is 17.8 Å². The van der Waals surface area contributed by atoms with E-state index in [0.29, 0.717) is 18.3 Å². The summed E-state index contributed by atoms with van der Waals surface area (Å²) in [5.74, 6) is -0.230. The quantitative estimate of drug-likeness (QED) is 0.301. The molecule has 0 bridgehead atoms. The minimum Gasteiger partial charge on any atom is -0.493 e. The number of rotatable bonds is 11. The summed E-state index contributed by atoms with van der Waals surface area (Å²) in [6.45, 7) is 7.22. The molecule has 40 heavy (non-hydrogen) atoms. The van der Waals surface area contributed by atoms with Crippen LogP contribution in [0.4, 0.5) is 0 Å². The van der Waals surface area contributed by atoms with Gasteiger partial charge in [0, 0.05) is 19.2 Å². The van der Waals surface area contributed by atoms with E-state index >= 15 is 0 Å². The first-order valence-electron chi connectivity index (χ1n) is 14.0. The van der Waals surface area contributed by atoms with Crippen molar-refractivity contribution in [3.05, 3.63) is 53.9 Å². The fourth-order valence-corrected chi connectivity index (χ4v) is 5.24. The van der Waals surface area contributed by atoms with Crippen molar-refractivity contribution in [1.82, 2.24) is 10.3 Å². The predicted octanol–water partition coefficient (Wildman–Crippen LogP) is 5.11. The fourth-order valence-electron chi connectivity index (χ4n) is 5.24. The maximum atomic E-state index is 13.3. The normalized spacial score (nSPS) is 21.4. The average Bonchev–Trinajstić information content (AvgIpc) is 2.96. The Morgan fingerprint density at radius 2 is 1.90 bits per heavy atom. The lowest BCUT2D eigenvalue weighted by atomic mass is 9.77. The van der Waals surface area contributed by atoms with E-state index in [9.17, 15) is 14.4 Å². The monoisotopic (exact) mass is 554 g/mol. The van der Waals surface area contributed by atoms with E-state index in [-0.39, 0.29) is 29.2 Å². The first kappa shape index (κ1) is 30.9. The summed E-state index contributed by atoms with van der Waals surface area (Å²) in [7, 11) is 1.42. The van der Waals surface area contributed by atoms with Gasteiger partial charge in [0.2, 0.25) is 6.79 Å². The molecule has 0 unspecified atom stereocenters. The molecule has 9 heteroatoms. The number of methoxy groups -OCH3 is 1. The van der Waals surface area contributed by atoms with Crippen LogP contribution < -0.4 is 14.8 Å². The fraction of sp³-hybridized carbons (Fsp3) is 0.548. The number of nitrogens with zero attached hydrogens (tertiary/aromatic N) is 1. The molecule has 1 aromatic heterocycles. The van der Waals surface area contributed by atoms with E-state index in [2.05, 4.69) is 48.4 Å². The summed E-state index contributed by atoms with van der Waals surface area (Å²) in [6.07, 6.45) is 6.15. The maximum Gasteiger partial charge on any atom is 0.328 e. The molecule has 2 aromatic rings. The summed E-state index contributed by atoms with van der Waals surface area (Å²) < 4.78 is 21.7. The summed E-state index contributed by atoms with van der Waals surface area (Å²) in [5, 5.41) is 2.80. The number of carbonyl (C=O) groups excluding carboxylic acids is 3. The van der Waals surface area contributed by atoms with Crippen LogP contribution in [0.25, 0.3) is 0 Å². The molecule has 218 valence electrons. The van der Waals surface area contributed by atoms with Gasteiger partial charge in [0.15, 0.2) is 17.2 Å². The van der Waals surface area contributed by atoms with Crippen LogP contribution in [0.5, 0.6) is 11.5 Å². The molecule has 0 spiro atoms. The van der Waals surface area contributed by atoms with Gasteiger partial charge >= 0.3 is 11.9 Å². The van der Waals surface area contributed by atoms with E-state index in [1.807, 2.05) is 13.0 Å². The number of ether oxygens (including phenoxy) is 4. The van der Waals surface area contributed by atoms with Crippen LogP contribution in [0.15, 0.2) is 42.6 Å². The standard InChI is InChI=1S/C31H42N2O7/c1-20(2)14-15-25-21(3)40-31(36)26(13-9-12-24(25)18-23-10-7-6-8-11-23)33-30(35)28-29(39-19-38-22(4)34)27(37-5)16-17-32-28/h6-8,10-11,16-17,20-21,24-26H,9,12-15,18-19H2,1-5H3,(H,33,35)/t21-,24+,25-,26-/m0/s1. The second kappa shape index (κ2) is 15.2. The molecule has 0 saturated carbocycles. The third-order valence-electron chi connectivity index (χ3n) is 7.35. The molecule has 9 nitrogen and oxygen atoms in total. The molecule has 1 aromatic carbocycles. The SMILES string of the molecule is COc1ccnc(C(=O)N[C@H]2CCC[C@H](Cc3ccccc3)[C@@H](CCC(C)C)[C@H](C)OC2=O)c1OCOC(C)=O. The number of nitrogens with one attached hydrogen (secondary N) is 1. The second-order valence-corrected chi connectivity index (χ2v) is 10.8. The Hall–Kier alpha value is -3.62. The van der Waals surface area contributed by atoms with Crippen LogP contribution in [0.2, 0.25) is 0 Å². The van der Waals surface area contributed by atoms with Gasteiger partial charge in [-0.15, -0.1) is 0 Å². The molecular formula is C31H42N2O7. The minimum atomic E-state index is -0.842. The summed E-state index contributed by atoms with van der Waals surface area (Å²) >= 11 is 0. The van der Waals surface area contributed by atoms with Crippen molar-refractivity contribution in [3.8, 4) is 11.5 Å². The number of benzene rings is 1. The zero-order valence-corrected chi connectivity index (χ0v) is 24.2. The van der Waals surface area contributed by atoms with Crippen LogP contribution in [0.1, 0.15) is 75.9 Å². The lowest BCUT2D eigenvalue weighted by Crippen LogP contribution is -2.43. The first-order valence-corrected chi connectivity index (χ1v) is 14.0. The van der Waals surface area contributed by atoms with Gasteiger partial charge < -0.3 is 24.3 Å².